The molecule has 0 radical (unpaired) electrons. The van der Waals surface area contributed by atoms with Crippen molar-refractivity contribution in [1.82, 2.24) is 14.5 Å². The van der Waals surface area contributed by atoms with E-state index in [2.05, 4.69) is 4.98 Å². The van der Waals surface area contributed by atoms with Gasteiger partial charge in [0, 0.05) is 36.1 Å². The van der Waals surface area contributed by atoms with Crippen LogP contribution in [-0.2, 0) is 13.1 Å². The fourth-order valence-corrected chi connectivity index (χ4v) is 4.86. The fraction of sp³-hybridized carbons (Fsp3) is 0.429. The van der Waals surface area contributed by atoms with Gasteiger partial charge < -0.3 is 5.11 Å². The highest BCUT2D eigenvalue weighted by molar-refractivity contribution is 7.18. The number of aliphatic hydroxyl groups is 1. The van der Waals surface area contributed by atoms with Gasteiger partial charge in [0.1, 0.15) is 16.5 Å². The molecule has 5 nitrogen and oxygen atoms in total. The molecule has 1 saturated heterocycles. The van der Waals surface area contributed by atoms with E-state index in [4.69, 9.17) is 0 Å². The lowest BCUT2D eigenvalue weighted by Gasteiger charge is -2.38. The second kappa shape index (κ2) is 7.59. The van der Waals surface area contributed by atoms with Gasteiger partial charge in [-0.05, 0) is 38.3 Å². The summed E-state index contributed by atoms with van der Waals surface area (Å²) in [6.07, 6.45) is 2.43. The monoisotopic (exact) mass is 419 g/mol. The maximum absolute atomic E-state index is 13.9. The van der Waals surface area contributed by atoms with Gasteiger partial charge >= 0.3 is 0 Å². The molecule has 1 N–H and O–H groups in total. The number of aryl methyl sites for hydroxylation is 2. The third kappa shape index (κ3) is 3.97. The first-order valence-corrected chi connectivity index (χ1v) is 10.4. The standard InChI is InChI=1S/C21H23F2N3O2S/c1-13-14(2)29-19-18(13)20(27)26(12-24-19)11-21(28)5-7-25(8-6-21)10-15-3-4-16(22)9-17(15)23/h3-4,9,12,28H,5-8,10-11H2,1-2H3. The van der Waals surface area contributed by atoms with Crippen molar-refractivity contribution >= 4 is 21.6 Å². The van der Waals surface area contributed by atoms with Crippen molar-refractivity contribution in [3.63, 3.8) is 0 Å². The van der Waals surface area contributed by atoms with E-state index in [1.54, 1.807) is 0 Å². The highest BCUT2D eigenvalue weighted by Gasteiger charge is 2.33. The zero-order valence-corrected chi connectivity index (χ0v) is 17.2. The molecular formula is C21H23F2N3O2S. The first-order valence-electron chi connectivity index (χ1n) is 9.59. The Balaban J connectivity index is 1.46. The number of hydrogen-bond acceptors (Lipinski definition) is 5. The summed E-state index contributed by atoms with van der Waals surface area (Å²) in [5.74, 6) is -1.15. The second-order valence-electron chi connectivity index (χ2n) is 7.88. The van der Waals surface area contributed by atoms with Crippen LogP contribution in [0.2, 0.25) is 0 Å². The average Bonchev–Trinajstić information content (AvgIpc) is 2.96. The molecule has 0 atom stereocenters. The number of benzene rings is 1. The summed E-state index contributed by atoms with van der Waals surface area (Å²) in [4.78, 5) is 21.1. The van der Waals surface area contributed by atoms with Crippen LogP contribution in [0.25, 0.3) is 10.2 Å². The van der Waals surface area contributed by atoms with Crippen LogP contribution >= 0.6 is 11.3 Å². The summed E-state index contributed by atoms with van der Waals surface area (Å²) in [5, 5.41) is 11.7. The molecule has 0 unspecified atom stereocenters. The van der Waals surface area contributed by atoms with Crippen LogP contribution in [0.4, 0.5) is 8.78 Å². The van der Waals surface area contributed by atoms with Gasteiger partial charge in [0.2, 0.25) is 0 Å². The van der Waals surface area contributed by atoms with Gasteiger partial charge in [-0.1, -0.05) is 6.07 Å². The number of rotatable bonds is 4. The number of aromatic nitrogens is 2. The first-order chi connectivity index (χ1) is 13.8. The van der Waals surface area contributed by atoms with E-state index in [0.717, 1.165) is 21.3 Å². The van der Waals surface area contributed by atoms with Crippen LogP contribution in [0.1, 0.15) is 28.8 Å². The Morgan fingerprint density at radius 1 is 1.24 bits per heavy atom. The van der Waals surface area contributed by atoms with Crippen LogP contribution in [-0.4, -0.2) is 38.2 Å². The highest BCUT2D eigenvalue weighted by atomic mass is 32.1. The molecule has 0 aliphatic carbocycles. The Bertz CT molecular complexity index is 1120. The van der Waals surface area contributed by atoms with Crippen molar-refractivity contribution < 1.29 is 13.9 Å². The number of thiophene rings is 1. The fourth-order valence-electron chi connectivity index (χ4n) is 3.88. The van der Waals surface area contributed by atoms with Gasteiger partial charge in [-0.2, -0.15) is 0 Å². The summed E-state index contributed by atoms with van der Waals surface area (Å²) in [6.45, 7) is 5.57. The zero-order chi connectivity index (χ0) is 20.8. The van der Waals surface area contributed by atoms with Gasteiger partial charge in [0.05, 0.1) is 23.9 Å². The number of likely N-dealkylation sites (tertiary alicyclic amines) is 1. The quantitative estimate of drug-likeness (QED) is 0.704. The molecule has 3 heterocycles. The van der Waals surface area contributed by atoms with Gasteiger partial charge in [0.25, 0.3) is 5.56 Å². The van der Waals surface area contributed by atoms with Crippen molar-refractivity contribution in [2.45, 2.75) is 45.4 Å². The van der Waals surface area contributed by atoms with Gasteiger partial charge in [0.15, 0.2) is 0 Å². The van der Waals surface area contributed by atoms with Crippen molar-refractivity contribution in [3.05, 3.63) is 62.5 Å². The Hall–Kier alpha value is -2.16. The van der Waals surface area contributed by atoms with Crippen molar-refractivity contribution in [2.24, 2.45) is 0 Å². The van der Waals surface area contributed by atoms with Crippen LogP contribution in [0.3, 0.4) is 0 Å². The smallest absolute Gasteiger partial charge is 0.262 e. The Labute approximate surface area is 171 Å². The van der Waals surface area contributed by atoms with Crippen LogP contribution in [0.15, 0.2) is 29.3 Å². The lowest BCUT2D eigenvalue weighted by atomic mass is 9.91. The minimum Gasteiger partial charge on any atom is -0.388 e. The molecule has 0 spiro atoms. The Morgan fingerprint density at radius 3 is 2.66 bits per heavy atom. The molecule has 29 heavy (non-hydrogen) atoms. The Kier molecular flexibility index (Phi) is 5.27. The molecule has 0 saturated carbocycles. The minimum atomic E-state index is -1.02. The maximum atomic E-state index is 13.9. The maximum Gasteiger partial charge on any atom is 0.262 e. The molecule has 1 aliphatic heterocycles. The molecular weight excluding hydrogens is 396 g/mol. The van der Waals surface area contributed by atoms with Crippen LogP contribution in [0, 0.1) is 25.5 Å². The predicted molar refractivity (Wildman–Crippen MR) is 109 cm³/mol. The van der Waals surface area contributed by atoms with Crippen LogP contribution in [0.5, 0.6) is 0 Å². The van der Waals surface area contributed by atoms with Gasteiger partial charge in [-0.15, -0.1) is 11.3 Å². The Morgan fingerprint density at radius 2 is 1.97 bits per heavy atom. The topological polar surface area (TPSA) is 58.4 Å². The average molecular weight is 419 g/mol. The summed E-state index contributed by atoms with van der Waals surface area (Å²) in [7, 11) is 0. The summed E-state index contributed by atoms with van der Waals surface area (Å²) < 4.78 is 28.5. The van der Waals surface area contributed by atoms with Crippen molar-refractivity contribution in [2.75, 3.05) is 13.1 Å². The predicted octanol–water partition coefficient (Wildman–Crippen LogP) is 3.38. The summed E-state index contributed by atoms with van der Waals surface area (Å²) >= 11 is 1.50. The van der Waals surface area contributed by atoms with E-state index in [9.17, 15) is 18.7 Å². The molecule has 3 aromatic rings. The van der Waals surface area contributed by atoms with Gasteiger partial charge in [-0.25, -0.2) is 13.8 Å². The number of hydrogen-bond donors (Lipinski definition) is 1. The van der Waals surface area contributed by atoms with Crippen molar-refractivity contribution in [3.8, 4) is 0 Å². The number of halogens is 2. The molecule has 1 aliphatic rings. The molecule has 4 rings (SSSR count). The summed E-state index contributed by atoms with van der Waals surface area (Å²) in [5.41, 5.74) is 0.239. The molecule has 154 valence electrons. The molecule has 1 fully saturated rings. The van der Waals surface area contributed by atoms with Crippen LogP contribution < -0.4 is 5.56 Å². The largest absolute Gasteiger partial charge is 0.388 e. The molecule has 8 heteroatoms. The number of nitrogens with zero attached hydrogens (tertiary/aromatic N) is 3. The van der Waals surface area contributed by atoms with E-state index in [1.807, 2.05) is 18.7 Å². The molecule has 0 amide bonds. The van der Waals surface area contributed by atoms with E-state index in [0.29, 0.717) is 43.4 Å². The molecule has 1 aromatic carbocycles. The molecule has 0 bridgehead atoms. The van der Waals surface area contributed by atoms with Gasteiger partial charge in [-0.3, -0.25) is 14.3 Å². The third-order valence-electron chi connectivity index (χ3n) is 5.82. The first kappa shape index (κ1) is 20.1. The van der Waals surface area contributed by atoms with E-state index >= 15 is 0 Å². The normalized spacial score (nSPS) is 17.1. The SMILES string of the molecule is Cc1sc2ncn(CC3(O)CCN(Cc4ccc(F)cc4F)CC3)c(=O)c2c1C. The second-order valence-corrected chi connectivity index (χ2v) is 9.08. The zero-order valence-electron chi connectivity index (χ0n) is 16.4. The lowest BCUT2D eigenvalue weighted by Crippen LogP contribution is -2.47. The van der Waals surface area contributed by atoms with E-state index in [1.165, 1.54) is 34.4 Å². The third-order valence-corrected chi connectivity index (χ3v) is 6.93. The molecule has 2 aromatic heterocycles. The lowest BCUT2D eigenvalue weighted by molar-refractivity contribution is -0.0366. The van der Waals surface area contributed by atoms with Crippen molar-refractivity contribution in [1.29, 1.82) is 0 Å². The number of fused-ring (bicyclic) bond motifs is 1. The highest BCUT2D eigenvalue weighted by Crippen LogP contribution is 2.28. The van der Waals surface area contributed by atoms with E-state index in [-0.39, 0.29) is 12.1 Å². The summed E-state index contributed by atoms with van der Waals surface area (Å²) in [6, 6.07) is 3.60. The minimum absolute atomic E-state index is 0.124. The van der Waals surface area contributed by atoms with E-state index < -0.39 is 17.2 Å². The number of piperidine rings is 1.